The smallest absolute Gasteiger partial charge is 0.407 e. The van der Waals surface area contributed by atoms with Gasteiger partial charge in [-0.1, -0.05) is 66.7 Å². The number of anilines is 1. The molecule has 0 unspecified atom stereocenters. The lowest BCUT2D eigenvalue weighted by molar-refractivity contribution is 0.139. The Morgan fingerprint density at radius 1 is 0.750 bits per heavy atom. The number of aromatic nitrogens is 4. The van der Waals surface area contributed by atoms with E-state index in [0.29, 0.717) is 66.4 Å². The number of hydrogen-bond acceptors (Lipinski definition) is 14. The summed E-state index contributed by atoms with van der Waals surface area (Å²) in [5.74, 6) is 1.75. The fourth-order valence-electron chi connectivity index (χ4n) is 8.26. The molecule has 4 N–H and O–H groups in total. The molecular weight excluding hydrogens is 967 g/mol. The Bertz CT molecular complexity index is 2920. The van der Waals surface area contributed by atoms with Gasteiger partial charge in [0.1, 0.15) is 33.6 Å². The summed E-state index contributed by atoms with van der Waals surface area (Å²) in [7, 11) is -5.10. The standard InChI is InChI=1S/C50H59N9O11S2/c1-35(30-52-50(62)70-34-40-8-6-5-7-9-40)55-71(63,64)45-23-22-44(57-28-25-36(26-29-57)24-27-51-49(60)61)46(48-53-56-59(54-48)33-39-14-20-43(69-4)21-15-39)47(45)72(65,66)58(31-37-10-16-41(67-2)17-11-37)32-38-12-18-42(68-3)19-13-38/h5-23,35-36,51,55H,24-34H2,1-4H3,(H,52,62)(H,60,61)/t35-/m0/s1. The van der Waals surface area contributed by atoms with Crippen LogP contribution in [0.3, 0.4) is 0 Å². The molecule has 5 aromatic carbocycles. The van der Waals surface area contributed by atoms with Crippen molar-refractivity contribution in [1.29, 1.82) is 0 Å². The van der Waals surface area contributed by atoms with E-state index in [1.807, 2.05) is 35.2 Å². The maximum Gasteiger partial charge on any atom is 0.407 e. The minimum absolute atomic E-state index is 0.00890. The number of ether oxygens (including phenoxy) is 4. The number of hydrogen-bond donors (Lipinski definition) is 4. The molecule has 382 valence electrons. The minimum atomic E-state index is -4.93. The summed E-state index contributed by atoms with van der Waals surface area (Å²) in [5.41, 5.74) is 2.96. The number of methoxy groups -OCH3 is 3. The molecule has 20 nitrogen and oxygen atoms in total. The number of rotatable bonds is 23. The average Bonchev–Trinajstić information content (AvgIpc) is 3.85. The maximum atomic E-state index is 16.1. The van der Waals surface area contributed by atoms with Crippen molar-refractivity contribution < 1.29 is 50.5 Å². The van der Waals surface area contributed by atoms with Gasteiger partial charge >= 0.3 is 12.2 Å². The highest BCUT2D eigenvalue weighted by Crippen LogP contribution is 2.42. The van der Waals surface area contributed by atoms with Crippen LogP contribution in [0.15, 0.2) is 125 Å². The van der Waals surface area contributed by atoms with E-state index in [-0.39, 0.29) is 56.6 Å². The predicted molar refractivity (Wildman–Crippen MR) is 268 cm³/mol. The van der Waals surface area contributed by atoms with Gasteiger partial charge in [-0.15, -0.1) is 10.2 Å². The fourth-order valence-corrected chi connectivity index (χ4v) is 11.9. The van der Waals surface area contributed by atoms with Gasteiger partial charge in [0, 0.05) is 51.0 Å². The monoisotopic (exact) mass is 1030 g/mol. The van der Waals surface area contributed by atoms with E-state index in [2.05, 4.69) is 25.7 Å². The van der Waals surface area contributed by atoms with Gasteiger partial charge in [-0.05, 0) is 108 Å². The molecular formula is C50H59N9O11S2. The molecule has 0 bridgehead atoms. The molecule has 22 heteroatoms. The van der Waals surface area contributed by atoms with E-state index < -0.39 is 48.1 Å². The van der Waals surface area contributed by atoms with Gasteiger partial charge < -0.3 is 39.6 Å². The third-order valence-corrected chi connectivity index (χ3v) is 15.7. The molecule has 1 aromatic heterocycles. The first kappa shape index (κ1) is 52.6. The van der Waals surface area contributed by atoms with Crippen LogP contribution in [-0.2, 0) is 51.0 Å². The largest absolute Gasteiger partial charge is 0.497 e. The number of carbonyl (C=O) groups excluding carboxylic acids is 1. The van der Waals surface area contributed by atoms with Gasteiger partial charge in [0.2, 0.25) is 25.9 Å². The Kier molecular flexibility index (Phi) is 17.7. The van der Waals surface area contributed by atoms with Crippen LogP contribution in [0.2, 0.25) is 0 Å². The summed E-state index contributed by atoms with van der Waals surface area (Å²) < 4.78 is 87.5. The average molecular weight is 1030 g/mol. The third kappa shape index (κ3) is 13.8. The summed E-state index contributed by atoms with van der Waals surface area (Å²) in [5, 5.41) is 27.7. The molecule has 0 spiro atoms. The first-order chi connectivity index (χ1) is 34.6. The zero-order valence-corrected chi connectivity index (χ0v) is 42.1. The summed E-state index contributed by atoms with van der Waals surface area (Å²) in [6.45, 7) is 2.14. The number of benzene rings is 5. The van der Waals surface area contributed by atoms with Crippen LogP contribution in [-0.4, -0.2) is 112 Å². The lowest BCUT2D eigenvalue weighted by atomic mass is 9.93. The van der Waals surface area contributed by atoms with Crippen LogP contribution in [0, 0.1) is 5.92 Å². The van der Waals surface area contributed by atoms with Crippen molar-refractivity contribution in [2.75, 3.05) is 52.4 Å². The van der Waals surface area contributed by atoms with Crippen LogP contribution in [0.5, 0.6) is 17.2 Å². The van der Waals surface area contributed by atoms with Crippen molar-refractivity contribution in [2.45, 2.75) is 68.3 Å². The number of carboxylic acid groups (broad SMARTS) is 1. The number of tetrazole rings is 1. The summed E-state index contributed by atoms with van der Waals surface area (Å²) in [6, 6.07) is 31.9. The summed E-state index contributed by atoms with van der Waals surface area (Å²) in [6.07, 6.45) is -0.0377. The first-order valence-electron chi connectivity index (χ1n) is 23.2. The van der Waals surface area contributed by atoms with Crippen molar-refractivity contribution in [2.24, 2.45) is 5.92 Å². The van der Waals surface area contributed by atoms with Crippen LogP contribution < -0.4 is 34.5 Å². The predicted octanol–water partition coefficient (Wildman–Crippen LogP) is 6.27. The molecule has 72 heavy (non-hydrogen) atoms. The molecule has 7 rings (SSSR count). The molecule has 2 amide bonds. The van der Waals surface area contributed by atoms with Gasteiger partial charge in [0.25, 0.3) is 0 Å². The highest BCUT2D eigenvalue weighted by molar-refractivity contribution is 7.92. The molecule has 1 aliphatic rings. The maximum absolute atomic E-state index is 16.1. The normalized spacial score (nSPS) is 13.6. The molecule has 0 aliphatic carbocycles. The number of piperidine rings is 1. The number of nitrogens with one attached hydrogen (secondary N) is 3. The van der Waals surface area contributed by atoms with Crippen LogP contribution in [0.25, 0.3) is 11.4 Å². The van der Waals surface area contributed by atoms with E-state index in [1.54, 1.807) is 86.0 Å². The molecule has 1 aliphatic heterocycles. The minimum Gasteiger partial charge on any atom is -0.497 e. The van der Waals surface area contributed by atoms with E-state index in [1.165, 1.54) is 36.3 Å². The van der Waals surface area contributed by atoms with Crippen LogP contribution in [0.4, 0.5) is 15.3 Å². The van der Waals surface area contributed by atoms with Crippen molar-refractivity contribution in [3.8, 4) is 28.6 Å². The Hall–Kier alpha value is -7.27. The summed E-state index contributed by atoms with van der Waals surface area (Å²) in [4.78, 5) is 26.1. The fraction of sp³-hybridized carbons (Fsp3) is 0.340. The third-order valence-electron chi connectivity index (χ3n) is 12.1. The van der Waals surface area contributed by atoms with Crippen molar-refractivity contribution in [3.63, 3.8) is 0 Å². The number of alkyl carbamates (subject to hydrolysis) is 1. The Labute approximate surface area is 419 Å². The Morgan fingerprint density at radius 3 is 1.88 bits per heavy atom. The molecule has 2 heterocycles. The zero-order valence-electron chi connectivity index (χ0n) is 40.4. The summed E-state index contributed by atoms with van der Waals surface area (Å²) >= 11 is 0. The number of carbonyl (C=O) groups is 2. The first-order valence-corrected chi connectivity index (χ1v) is 26.1. The highest BCUT2D eigenvalue weighted by Gasteiger charge is 2.39. The van der Waals surface area contributed by atoms with Gasteiger partial charge in [0.05, 0.1) is 33.4 Å². The number of sulfonamides is 2. The van der Waals surface area contributed by atoms with Gasteiger partial charge in [-0.2, -0.15) is 9.10 Å². The number of amides is 2. The molecule has 0 saturated carbocycles. The van der Waals surface area contributed by atoms with E-state index in [9.17, 15) is 14.7 Å². The molecule has 1 saturated heterocycles. The Morgan fingerprint density at radius 2 is 1.32 bits per heavy atom. The van der Waals surface area contributed by atoms with Gasteiger partial charge in [0.15, 0.2) is 0 Å². The lowest BCUT2D eigenvalue weighted by Gasteiger charge is -2.35. The highest BCUT2D eigenvalue weighted by atomic mass is 32.2. The second-order valence-electron chi connectivity index (χ2n) is 17.2. The van der Waals surface area contributed by atoms with Crippen molar-refractivity contribution >= 4 is 37.9 Å². The zero-order chi connectivity index (χ0) is 51.3. The van der Waals surface area contributed by atoms with Gasteiger partial charge in [-0.3, -0.25) is 0 Å². The molecule has 1 atom stereocenters. The van der Waals surface area contributed by atoms with Gasteiger partial charge in [-0.25, -0.2) is 31.1 Å². The van der Waals surface area contributed by atoms with Crippen LogP contribution >= 0.6 is 0 Å². The number of nitrogens with zero attached hydrogens (tertiary/aromatic N) is 6. The molecule has 6 aromatic rings. The van der Waals surface area contributed by atoms with E-state index in [0.717, 1.165) is 11.1 Å². The van der Waals surface area contributed by atoms with Crippen molar-refractivity contribution in [1.82, 2.24) is 39.9 Å². The molecule has 0 radical (unpaired) electrons. The second kappa shape index (κ2) is 24.2. The SMILES string of the molecule is COc1ccc(CN(Cc2ccc(OC)cc2)S(=O)(=O)c2c(S(=O)(=O)N[C@@H](C)CNC(=O)OCc3ccccc3)ccc(N3CCC(CCNC(=O)O)CC3)c2-c2nnn(Cc3ccc(OC)cc3)n2)cc1. The lowest BCUT2D eigenvalue weighted by Crippen LogP contribution is -2.42. The Balaban J connectivity index is 1.35. The van der Waals surface area contributed by atoms with E-state index >= 15 is 16.8 Å². The topological polar surface area (TPSA) is 246 Å². The van der Waals surface area contributed by atoms with Crippen molar-refractivity contribution in [3.05, 3.63) is 138 Å². The van der Waals surface area contributed by atoms with E-state index in [4.69, 9.17) is 24.0 Å². The second-order valence-corrected chi connectivity index (χ2v) is 20.7. The molecule has 1 fully saturated rings. The quantitative estimate of drug-likeness (QED) is 0.0552. The van der Waals surface area contributed by atoms with Crippen LogP contribution in [0.1, 0.15) is 48.4 Å².